The normalized spacial score (nSPS) is 11.6. The maximum Gasteiger partial charge on any atom is 0.310 e. The number of rotatable bonds is 9. The summed E-state index contributed by atoms with van der Waals surface area (Å²) in [6.45, 7) is 4.95. The predicted octanol–water partition coefficient (Wildman–Crippen LogP) is 8.04. The second-order valence-electron chi connectivity index (χ2n) is 12.5. The molecule has 4 N–H and O–H groups in total. The SMILES string of the molecule is COc1cc2c(C(C)C(=O)O)c(C)n(C(=O)c3ccc(Br)cc3)c2cc1Cl.Cc1c(CC(=O)NCCO)c2cc(O)c(Cl)cc2n1C(=O)c1ccc(F)cc1. The van der Waals surface area contributed by atoms with E-state index in [2.05, 4.69) is 21.2 Å². The molecule has 1 amide bonds. The average molecular weight is 856 g/mol. The number of amides is 1. The molecule has 55 heavy (non-hydrogen) atoms. The fourth-order valence-electron chi connectivity index (χ4n) is 6.36. The van der Waals surface area contributed by atoms with Crippen LogP contribution in [0.1, 0.15) is 56.1 Å². The number of carboxylic acid groups (broad SMARTS) is 1. The summed E-state index contributed by atoms with van der Waals surface area (Å²) in [6, 6.07) is 18.3. The van der Waals surface area contributed by atoms with Crippen molar-refractivity contribution in [3.05, 3.63) is 127 Å². The first-order valence-corrected chi connectivity index (χ1v) is 18.3. The van der Waals surface area contributed by atoms with Crippen LogP contribution in [-0.4, -0.2) is 68.4 Å². The van der Waals surface area contributed by atoms with Gasteiger partial charge in [-0.05, 0) is 105 Å². The summed E-state index contributed by atoms with van der Waals surface area (Å²) in [6.07, 6.45) is -0.0485. The van der Waals surface area contributed by atoms with Gasteiger partial charge in [-0.15, -0.1) is 0 Å². The number of nitrogens with one attached hydrogen (secondary N) is 1. The highest BCUT2D eigenvalue weighted by atomic mass is 79.9. The van der Waals surface area contributed by atoms with Gasteiger partial charge in [0, 0.05) is 44.3 Å². The molecule has 4 aromatic carbocycles. The lowest BCUT2D eigenvalue weighted by molar-refractivity contribution is -0.138. The van der Waals surface area contributed by atoms with Gasteiger partial charge in [0.2, 0.25) is 5.91 Å². The van der Waals surface area contributed by atoms with Crippen LogP contribution in [0.2, 0.25) is 10.0 Å². The minimum absolute atomic E-state index is 0.0485. The van der Waals surface area contributed by atoms with Crippen molar-refractivity contribution in [1.29, 1.82) is 0 Å². The Morgan fingerprint density at radius 1 is 0.855 bits per heavy atom. The van der Waals surface area contributed by atoms with Gasteiger partial charge in [0.05, 0.1) is 47.1 Å². The number of aromatic nitrogens is 2. The molecular formula is C40H35BrCl2FN3O8. The lowest BCUT2D eigenvalue weighted by atomic mass is 9.98. The highest BCUT2D eigenvalue weighted by molar-refractivity contribution is 9.10. The Morgan fingerprint density at radius 2 is 1.40 bits per heavy atom. The summed E-state index contributed by atoms with van der Waals surface area (Å²) in [5, 5.41) is 32.5. The van der Waals surface area contributed by atoms with E-state index in [4.69, 9.17) is 33.0 Å². The Bertz CT molecular complexity index is 2460. The van der Waals surface area contributed by atoms with Crippen LogP contribution in [0.5, 0.6) is 11.5 Å². The van der Waals surface area contributed by atoms with E-state index in [0.29, 0.717) is 60.7 Å². The third-order valence-electron chi connectivity index (χ3n) is 9.09. The molecule has 0 saturated heterocycles. The number of aliphatic carboxylic acids is 1. The molecule has 0 aliphatic rings. The molecule has 11 nitrogen and oxygen atoms in total. The molecule has 0 saturated carbocycles. The van der Waals surface area contributed by atoms with Crippen molar-refractivity contribution in [3.8, 4) is 11.5 Å². The molecule has 0 aliphatic heterocycles. The van der Waals surface area contributed by atoms with Gasteiger partial charge < -0.3 is 25.4 Å². The number of hydrogen-bond acceptors (Lipinski definition) is 7. The molecule has 286 valence electrons. The van der Waals surface area contributed by atoms with E-state index >= 15 is 0 Å². The Hall–Kier alpha value is -5.21. The highest BCUT2D eigenvalue weighted by Gasteiger charge is 2.28. The Morgan fingerprint density at radius 3 is 1.96 bits per heavy atom. The van der Waals surface area contributed by atoms with Gasteiger partial charge in [0.15, 0.2) is 0 Å². The number of phenolic OH excluding ortho intramolecular Hbond substituents is 1. The third kappa shape index (κ3) is 8.40. The Kier molecular flexibility index (Phi) is 12.7. The number of carboxylic acids is 1. The van der Waals surface area contributed by atoms with Gasteiger partial charge in [-0.3, -0.25) is 28.3 Å². The quantitative estimate of drug-likeness (QED) is 0.114. The van der Waals surface area contributed by atoms with Gasteiger partial charge in [-0.25, -0.2) is 4.39 Å². The molecule has 0 bridgehead atoms. The van der Waals surface area contributed by atoms with Crippen molar-refractivity contribution in [2.75, 3.05) is 20.3 Å². The van der Waals surface area contributed by atoms with E-state index in [-0.39, 0.29) is 47.7 Å². The van der Waals surface area contributed by atoms with Crippen molar-refractivity contribution in [2.45, 2.75) is 33.1 Å². The van der Waals surface area contributed by atoms with Gasteiger partial charge in [0.1, 0.15) is 17.3 Å². The van der Waals surface area contributed by atoms with Crippen molar-refractivity contribution in [3.63, 3.8) is 0 Å². The zero-order valence-electron chi connectivity index (χ0n) is 29.9. The van der Waals surface area contributed by atoms with Crippen molar-refractivity contribution >= 4 is 84.6 Å². The number of ether oxygens (including phenoxy) is 1. The van der Waals surface area contributed by atoms with Crippen LogP contribution in [0.25, 0.3) is 21.8 Å². The van der Waals surface area contributed by atoms with E-state index in [1.165, 1.54) is 52.6 Å². The number of halogens is 4. The second-order valence-corrected chi connectivity index (χ2v) is 14.2. The fraction of sp³-hybridized carbons (Fsp3) is 0.200. The number of phenols is 1. The smallest absolute Gasteiger partial charge is 0.310 e. The van der Waals surface area contributed by atoms with E-state index in [1.807, 2.05) is 0 Å². The van der Waals surface area contributed by atoms with Crippen LogP contribution in [-0.2, 0) is 16.0 Å². The number of benzene rings is 4. The summed E-state index contributed by atoms with van der Waals surface area (Å²) in [4.78, 5) is 50.1. The van der Waals surface area contributed by atoms with E-state index in [0.717, 1.165) is 4.47 Å². The molecule has 1 unspecified atom stereocenters. The number of aliphatic hydroxyl groups excluding tert-OH is 1. The van der Waals surface area contributed by atoms with Crippen LogP contribution in [0.3, 0.4) is 0 Å². The van der Waals surface area contributed by atoms with Gasteiger partial charge in [0.25, 0.3) is 11.8 Å². The molecular weight excluding hydrogens is 820 g/mol. The maximum atomic E-state index is 13.2. The summed E-state index contributed by atoms with van der Waals surface area (Å²) >= 11 is 15.7. The average Bonchev–Trinajstić information content (AvgIpc) is 3.57. The van der Waals surface area contributed by atoms with Crippen LogP contribution in [0.15, 0.2) is 77.3 Å². The summed E-state index contributed by atoms with van der Waals surface area (Å²) in [7, 11) is 1.49. The van der Waals surface area contributed by atoms with Crippen molar-refractivity contribution < 1.29 is 43.6 Å². The Balaban J connectivity index is 0.000000211. The number of carbonyl (C=O) groups is 4. The second kappa shape index (κ2) is 17.1. The first-order chi connectivity index (χ1) is 26.1. The minimum atomic E-state index is -0.970. The number of fused-ring (bicyclic) bond motifs is 2. The minimum Gasteiger partial charge on any atom is -0.506 e. The van der Waals surface area contributed by atoms with Gasteiger partial charge in [-0.1, -0.05) is 39.1 Å². The largest absolute Gasteiger partial charge is 0.506 e. The number of nitrogens with zero attached hydrogens (tertiary/aromatic N) is 2. The van der Waals surface area contributed by atoms with Crippen LogP contribution < -0.4 is 10.1 Å². The molecule has 0 radical (unpaired) electrons. The topological polar surface area (TPSA) is 160 Å². The molecule has 0 spiro atoms. The molecule has 1 atom stereocenters. The van der Waals surface area contributed by atoms with Gasteiger partial charge in [-0.2, -0.15) is 0 Å². The zero-order chi connectivity index (χ0) is 40.3. The third-order valence-corrected chi connectivity index (χ3v) is 10.2. The summed E-state index contributed by atoms with van der Waals surface area (Å²) in [5.74, 6) is -2.96. The Labute approximate surface area is 333 Å². The number of carbonyl (C=O) groups excluding carboxylic acids is 3. The monoisotopic (exact) mass is 853 g/mol. The van der Waals surface area contributed by atoms with Crippen LogP contribution in [0.4, 0.5) is 4.39 Å². The zero-order valence-corrected chi connectivity index (χ0v) is 33.0. The van der Waals surface area contributed by atoms with Crippen LogP contribution >= 0.6 is 39.1 Å². The number of hydrogen-bond donors (Lipinski definition) is 4. The van der Waals surface area contributed by atoms with E-state index in [9.17, 15) is 33.8 Å². The van der Waals surface area contributed by atoms with Crippen LogP contribution in [0, 0.1) is 19.7 Å². The molecule has 0 aliphatic carbocycles. The molecule has 15 heteroatoms. The van der Waals surface area contributed by atoms with Crippen molar-refractivity contribution in [2.24, 2.45) is 0 Å². The molecule has 2 heterocycles. The maximum absolute atomic E-state index is 13.2. The summed E-state index contributed by atoms with van der Waals surface area (Å²) in [5.41, 5.74) is 3.92. The predicted molar refractivity (Wildman–Crippen MR) is 211 cm³/mol. The molecule has 6 aromatic rings. The lowest BCUT2D eigenvalue weighted by Gasteiger charge is -2.09. The fourth-order valence-corrected chi connectivity index (χ4v) is 7.02. The number of aromatic hydroxyl groups is 1. The van der Waals surface area contributed by atoms with Crippen molar-refractivity contribution in [1.82, 2.24) is 14.5 Å². The highest BCUT2D eigenvalue weighted by Crippen LogP contribution is 2.39. The number of methoxy groups -OCH3 is 1. The van der Waals surface area contributed by atoms with Gasteiger partial charge >= 0.3 is 5.97 Å². The molecule has 2 aromatic heterocycles. The van der Waals surface area contributed by atoms with E-state index in [1.54, 1.807) is 57.2 Å². The number of aliphatic hydroxyl groups is 1. The van der Waals surface area contributed by atoms with E-state index < -0.39 is 23.6 Å². The first kappa shape index (κ1) is 41.0. The molecule has 6 rings (SSSR count). The standard InChI is InChI=1S/C20H17BrClNO4.C20H18ClFN2O4/c1-10(20(25)26)18-11(2)23(19(24)12-4-6-13(21)7-5-12)16-9-15(22)17(27-3)8-14(16)18;1-11-14(9-19(27)23-6-7-25)15-8-18(26)16(21)10-17(15)24(11)20(28)12-2-4-13(22)5-3-12/h4-10H,1-3H3,(H,25,26);2-5,8,10,25-26H,6-7,9H2,1H3,(H,23,27). The molecule has 0 fully saturated rings. The summed E-state index contributed by atoms with van der Waals surface area (Å²) < 4.78 is 22.2. The first-order valence-electron chi connectivity index (χ1n) is 16.7. The lowest BCUT2D eigenvalue weighted by Crippen LogP contribution is -2.28.